The number of benzene rings is 2. The maximum atomic E-state index is 12.2. The summed E-state index contributed by atoms with van der Waals surface area (Å²) in [5.41, 5.74) is 2.61. The number of carbonyl (C=O) groups excluding carboxylic acids is 1. The first-order valence-corrected chi connectivity index (χ1v) is 10.3. The van der Waals surface area contributed by atoms with Crippen LogP contribution in [0.1, 0.15) is 24.1 Å². The van der Waals surface area contributed by atoms with Gasteiger partial charge in [0.15, 0.2) is 0 Å². The molecule has 4 aromatic rings. The number of urea groups is 1. The molecule has 0 bridgehead atoms. The van der Waals surface area contributed by atoms with Crippen molar-refractivity contribution in [3.8, 4) is 17.4 Å². The molecule has 0 spiro atoms. The minimum Gasteiger partial charge on any atom is -0.439 e. The van der Waals surface area contributed by atoms with Crippen LogP contribution >= 0.6 is 0 Å². The Bertz CT molecular complexity index is 1220. The molecular weight excluding hydrogens is 404 g/mol. The highest BCUT2D eigenvalue weighted by Crippen LogP contribution is 2.23. The van der Waals surface area contributed by atoms with E-state index in [-0.39, 0.29) is 6.03 Å². The molecule has 2 aromatic carbocycles. The number of rotatable bonds is 6. The molecule has 2 aromatic heterocycles. The lowest BCUT2D eigenvalue weighted by Crippen LogP contribution is -2.19. The lowest BCUT2D eigenvalue weighted by molar-refractivity contribution is 0.262. The van der Waals surface area contributed by atoms with Crippen LogP contribution in [0.2, 0.25) is 0 Å². The zero-order chi connectivity index (χ0) is 22.5. The first-order chi connectivity index (χ1) is 15.5. The maximum Gasteiger partial charge on any atom is 0.323 e. The van der Waals surface area contributed by atoms with E-state index in [9.17, 15) is 4.79 Å². The van der Waals surface area contributed by atoms with Crippen molar-refractivity contribution in [3.63, 3.8) is 0 Å². The predicted octanol–water partition coefficient (Wildman–Crippen LogP) is 5.28. The summed E-state index contributed by atoms with van der Waals surface area (Å²) < 4.78 is 7.77. The van der Waals surface area contributed by atoms with E-state index < -0.39 is 0 Å². The zero-order valence-corrected chi connectivity index (χ0v) is 18.2. The number of nitrogens with zero attached hydrogens (tertiary/aromatic N) is 4. The molecule has 4 rings (SSSR count). The summed E-state index contributed by atoms with van der Waals surface area (Å²) in [5.74, 6) is 3.12. The summed E-state index contributed by atoms with van der Waals surface area (Å²) in [7, 11) is 0. The van der Waals surface area contributed by atoms with E-state index in [0.717, 1.165) is 17.9 Å². The highest BCUT2D eigenvalue weighted by atomic mass is 16.5. The molecule has 2 heterocycles. The van der Waals surface area contributed by atoms with Crippen molar-refractivity contribution in [1.82, 2.24) is 19.5 Å². The zero-order valence-electron chi connectivity index (χ0n) is 18.2. The first kappa shape index (κ1) is 21.0. The van der Waals surface area contributed by atoms with Crippen LogP contribution in [-0.4, -0.2) is 25.6 Å². The lowest BCUT2D eigenvalue weighted by Gasteiger charge is -2.11. The molecule has 0 saturated heterocycles. The third kappa shape index (κ3) is 5.10. The molecule has 8 nitrogen and oxygen atoms in total. The van der Waals surface area contributed by atoms with E-state index in [1.165, 1.54) is 5.56 Å². The van der Waals surface area contributed by atoms with Crippen molar-refractivity contribution < 1.29 is 9.53 Å². The molecule has 0 unspecified atom stereocenters. The third-order valence-electron chi connectivity index (χ3n) is 4.83. The largest absolute Gasteiger partial charge is 0.439 e. The van der Waals surface area contributed by atoms with Gasteiger partial charge in [0.25, 0.3) is 0 Å². The number of nitrogens with one attached hydrogen (secondary N) is 2. The molecule has 8 heteroatoms. The Morgan fingerprint density at radius 2 is 1.62 bits per heavy atom. The van der Waals surface area contributed by atoms with Crippen LogP contribution in [0.25, 0.3) is 5.82 Å². The standard InChI is InChI=1S/C24H24N6O2/c1-4-18-5-7-19(8-6-18)28-24(31)29-20-9-11-21(12-10-20)32-23-15-22(26-16(2)27-23)30-14-13-25-17(30)3/h5-15H,4H2,1-3H3,(H2,28,29,31). The van der Waals surface area contributed by atoms with E-state index in [2.05, 4.69) is 32.5 Å². The second kappa shape index (κ2) is 9.30. The van der Waals surface area contributed by atoms with Crippen molar-refractivity contribution in [2.24, 2.45) is 0 Å². The van der Waals surface area contributed by atoms with Gasteiger partial charge < -0.3 is 15.4 Å². The molecule has 0 fully saturated rings. The topological polar surface area (TPSA) is 94.0 Å². The molecule has 2 amide bonds. The van der Waals surface area contributed by atoms with Crippen molar-refractivity contribution in [1.29, 1.82) is 0 Å². The van der Waals surface area contributed by atoms with Crippen molar-refractivity contribution >= 4 is 17.4 Å². The Balaban J connectivity index is 1.40. The summed E-state index contributed by atoms with van der Waals surface area (Å²) in [5, 5.41) is 5.63. The van der Waals surface area contributed by atoms with E-state index >= 15 is 0 Å². The van der Waals surface area contributed by atoms with Gasteiger partial charge in [0.2, 0.25) is 5.88 Å². The molecule has 32 heavy (non-hydrogen) atoms. The molecule has 162 valence electrons. The summed E-state index contributed by atoms with van der Waals surface area (Å²) in [6.07, 6.45) is 4.51. The van der Waals surface area contributed by atoms with Gasteiger partial charge in [-0.25, -0.2) is 14.8 Å². The van der Waals surface area contributed by atoms with Gasteiger partial charge in [0.05, 0.1) is 0 Å². The number of hydrogen-bond donors (Lipinski definition) is 2. The van der Waals surface area contributed by atoms with Crippen LogP contribution in [0.4, 0.5) is 16.2 Å². The van der Waals surface area contributed by atoms with E-state index in [1.54, 1.807) is 36.5 Å². The fraction of sp³-hybridized carbons (Fsp3) is 0.167. The van der Waals surface area contributed by atoms with Crippen LogP contribution in [0, 0.1) is 13.8 Å². The Labute approximate surface area is 186 Å². The number of amides is 2. The first-order valence-electron chi connectivity index (χ1n) is 10.3. The minimum atomic E-state index is -0.310. The SMILES string of the molecule is CCc1ccc(NC(=O)Nc2ccc(Oc3cc(-n4ccnc4C)nc(C)n3)cc2)cc1. The van der Waals surface area contributed by atoms with Crippen LogP contribution in [0.15, 0.2) is 67.0 Å². The Morgan fingerprint density at radius 3 is 2.22 bits per heavy atom. The molecule has 0 aliphatic carbocycles. The Kier molecular flexibility index (Phi) is 6.12. The fourth-order valence-electron chi connectivity index (χ4n) is 3.17. The summed E-state index contributed by atoms with van der Waals surface area (Å²) in [6, 6.07) is 16.3. The van der Waals surface area contributed by atoms with Crippen LogP contribution < -0.4 is 15.4 Å². The van der Waals surface area contributed by atoms with Gasteiger partial charge in [-0.3, -0.25) is 4.57 Å². The second-order valence-electron chi connectivity index (χ2n) is 7.21. The fourth-order valence-corrected chi connectivity index (χ4v) is 3.17. The second-order valence-corrected chi connectivity index (χ2v) is 7.21. The molecule has 0 saturated carbocycles. The van der Waals surface area contributed by atoms with Crippen molar-refractivity contribution in [2.45, 2.75) is 27.2 Å². The Morgan fingerprint density at radius 1 is 0.969 bits per heavy atom. The third-order valence-corrected chi connectivity index (χ3v) is 4.83. The van der Waals surface area contributed by atoms with Crippen molar-refractivity contribution in [3.05, 3.63) is 84.2 Å². The molecule has 0 radical (unpaired) electrons. The number of ether oxygens (including phenoxy) is 1. The molecule has 0 aliphatic rings. The number of hydrogen-bond acceptors (Lipinski definition) is 5. The van der Waals surface area contributed by atoms with Crippen LogP contribution in [0.5, 0.6) is 11.6 Å². The normalized spacial score (nSPS) is 10.6. The quantitative estimate of drug-likeness (QED) is 0.436. The van der Waals surface area contributed by atoms with Gasteiger partial charge in [-0.2, -0.15) is 4.98 Å². The van der Waals surface area contributed by atoms with Crippen LogP contribution in [0.3, 0.4) is 0 Å². The monoisotopic (exact) mass is 428 g/mol. The van der Waals surface area contributed by atoms with E-state index in [1.807, 2.05) is 48.9 Å². The summed E-state index contributed by atoms with van der Waals surface area (Å²) in [4.78, 5) is 25.3. The van der Waals surface area contributed by atoms with Gasteiger partial charge in [-0.1, -0.05) is 19.1 Å². The molecular formula is C24H24N6O2. The van der Waals surface area contributed by atoms with Gasteiger partial charge >= 0.3 is 6.03 Å². The highest BCUT2D eigenvalue weighted by Gasteiger charge is 2.09. The van der Waals surface area contributed by atoms with Gasteiger partial charge in [0.1, 0.15) is 23.2 Å². The predicted molar refractivity (Wildman–Crippen MR) is 124 cm³/mol. The van der Waals surface area contributed by atoms with Gasteiger partial charge in [0, 0.05) is 29.8 Å². The molecule has 0 aliphatic heterocycles. The average molecular weight is 428 g/mol. The van der Waals surface area contributed by atoms with Crippen LogP contribution in [-0.2, 0) is 6.42 Å². The van der Waals surface area contributed by atoms with E-state index in [0.29, 0.717) is 29.0 Å². The number of carbonyl (C=O) groups is 1. The van der Waals surface area contributed by atoms with Gasteiger partial charge in [-0.05, 0) is 62.2 Å². The number of aromatic nitrogens is 4. The molecule has 0 atom stereocenters. The maximum absolute atomic E-state index is 12.2. The number of anilines is 2. The van der Waals surface area contributed by atoms with Gasteiger partial charge in [-0.15, -0.1) is 0 Å². The molecule has 2 N–H and O–H groups in total. The smallest absolute Gasteiger partial charge is 0.323 e. The average Bonchev–Trinajstić information content (AvgIpc) is 3.21. The number of aryl methyl sites for hydroxylation is 3. The summed E-state index contributed by atoms with van der Waals surface area (Å²) >= 11 is 0. The van der Waals surface area contributed by atoms with E-state index in [4.69, 9.17) is 4.74 Å². The lowest BCUT2D eigenvalue weighted by atomic mass is 10.1. The highest BCUT2D eigenvalue weighted by molar-refractivity contribution is 5.99. The summed E-state index contributed by atoms with van der Waals surface area (Å²) in [6.45, 7) is 5.80. The number of imidazole rings is 1. The Hall–Kier alpha value is -4.20. The van der Waals surface area contributed by atoms with Crippen molar-refractivity contribution in [2.75, 3.05) is 10.6 Å². The minimum absolute atomic E-state index is 0.310.